The molecule has 1 nitrogen and oxygen atoms in total. The summed E-state index contributed by atoms with van der Waals surface area (Å²) in [5.74, 6) is 5.03. The van der Waals surface area contributed by atoms with Crippen LogP contribution >= 0.6 is 23.2 Å². The molecule has 14 heavy (non-hydrogen) atoms. The normalized spacial score (nSPS) is 9.43. The number of hydrogen-bond acceptors (Lipinski definition) is 1. The second-order valence-corrected chi connectivity index (χ2v) is 3.40. The van der Waals surface area contributed by atoms with Crippen LogP contribution in [0.5, 0.6) is 0 Å². The lowest BCUT2D eigenvalue weighted by Crippen LogP contribution is -2.04. The smallest absolute Gasteiger partial charge is 0.160 e. The van der Waals surface area contributed by atoms with Crippen molar-refractivity contribution >= 4 is 23.2 Å². The fourth-order valence-electron chi connectivity index (χ4n) is 0.862. The molecule has 0 aromatic heterocycles. The van der Waals surface area contributed by atoms with E-state index in [4.69, 9.17) is 23.2 Å². The number of hydrogen-bond donors (Lipinski definition) is 1. The van der Waals surface area contributed by atoms with Gasteiger partial charge in [-0.05, 0) is 19.2 Å². The Morgan fingerprint density at radius 2 is 1.93 bits per heavy atom. The van der Waals surface area contributed by atoms with Gasteiger partial charge < -0.3 is 5.32 Å². The van der Waals surface area contributed by atoms with Crippen LogP contribution in [0.1, 0.15) is 5.56 Å². The summed E-state index contributed by atoms with van der Waals surface area (Å²) in [6.07, 6.45) is 0. The summed E-state index contributed by atoms with van der Waals surface area (Å²) in [5.41, 5.74) is 0.608. The molecule has 0 aliphatic carbocycles. The third kappa shape index (κ3) is 2.88. The molecule has 0 bridgehead atoms. The van der Waals surface area contributed by atoms with Crippen LogP contribution in [0, 0.1) is 17.7 Å². The van der Waals surface area contributed by atoms with Crippen LogP contribution in [0.15, 0.2) is 12.1 Å². The van der Waals surface area contributed by atoms with E-state index >= 15 is 0 Å². The first kappa shape index (κ1) is 11.3. The van der Waals surface area contributed by atoms with Crippen LogP contribution in [0.25, 0.3) is 0 Å². The van der Waals surface area contributed by atoms with E-state index in [2.05, 4.69) is 17.2 Å². The van der Waals surface area contributed by atoms with Crippen molar-refractivity contribution < 1.29 is 4.39 Å². The molecule has 1 N–H and O–H groups in total. The zero-order chi connectivity index (χ0) is 10.6. The Morgan fingerprint density at radius 3 is 2.43 bits per heavy atom. The summed E-state index contributed by atoms with van der Waals surface area (Å²) in [6, 6.07) is 2.90. The molecule has 0 saturated carbocycles. The molecule has 0 amide bonds. The molecule has 1 rings (SSSR count). The molecular weight excluding hydrogens is 224 g/mol. The van der Waals surface area contributed by atoms with Crippen molar-refractivity contribution in [3.8, 4) is 11.8 Å². The standard InChI is InChI=1S/C10H8Cl2FN/c1-14-4-2-3-7-5-8(11)10(13)9(12)6-7/h5-6,14H,4H2,1H3. The van der Waals surface area contributed by atoms with E-state index in [-0.39, 0.29) is 10.0 Å². The molecule has 0 spiro atoms. The van der Waals surface area contributed by atoms with Crippen molar-refractivity contribution in [1.82, 2.24) is 5.32 Å². The second kappa shape index (κ2) is 5.21. The molecule has 0 fully saturated rings. The maximum Gasteiger partial charge on any atom is 0.160 e. The molecule has 4 heteroatoms. The summed E-state index contributed by atoms with van der Waals surface area (Å²) in [5, 5.41) is 2.85. The maximum absolute atomic E-state index is 13.0. The van der Waals surface area contributed by atoms with Gasteiger partial charge in [-0.15, -0.1) is 0 Å². The third-order valence-electron chi connectivity index (χ3n) is 1.48. The monoisotopic (exact) mass is 231 g/mol. The molecule has 0 radical (unpaired) electrons. The van der Waals surface area contributed by atoms with Crippen molar-refractivity contribution in [2.75, 3.05) is 13.6 Å². The first-order chi connectivity index (χ1) is 6.65. The number of benzene rings is 1. The van der Waals surface area contributed by atoms with Crippen molar-refractivity contribution in [1.29, 1.82) is 0 Å². The van der Waals surface area contributed by atoms with E-state index < -0.39 is 5.82 Å². The Bertz CT molecular complexity index is 370. The second-order valence-electron chi connectivity index (χ2n) is 2.59. The first-order valence-electron chi connectivity index (χ1n) is 3.93. The van der Waals surface area contributed by atoms with Crippen LogP contribution < -0.4 is 5.32 Å². The summed E-state index contributed by atoms with van der Waals surface area (Å²) in [6.45, 7) is 0.562. The van der Waals surface area contributed by atoms with Crippen LogP contribution in [-0.4, -0.2) is 13.6 Å². The zero-order valence-corrected chi connectivity index (χ0v) is 9.01. The van der Waals surface area contributed by atoms with Crippen molar-refractivity contribution in [2.24, 2.45) is 0 Å². The van der Waals surface area contributed by atoms with Gasteiger partial charge in [-0.1, -0.05) is 35.0 Å². The lowest BCUT2D eigenvalue weighted by Gasteiger charge is -1.97. The van der Waals surface area contributed by atoms with Gasteiger partial charge in [0, 0.05) is 5.56 Å². The first-order valence-corrected chi connectivity index (χ1v) is 4.68. The Kier molecular flexibility index (Phi) is 4.21. The van der Waals surface area contributed by atoms with Gasteiger partial charge >= 0.3 is 0 Å². The number of nitrogens with one attached hydrogen (secondary N) is 1. The van der Waals surface area contributed by atoms with Crippen LogP contribution in [-0.2, 0) is 0 Å². The topological polar surface area (TPSA) is 12.0 Å². The minimum absolute atomic E-state index is 0.00809. The SMILES string of the molecule is CNCC#Cc1cc(Cl)c(F)c(Cl)c1. The highest BCUT2D eigenvalue weighted by molar-refractivity contribution is 6.35. The highest BCUT2D eigenvalue weighted by atomic mass is 35.5. The Labute approximate surface area is 92.2 Å². The lowest BCUT2D eigenvalue weighted by atomic mass is 10.2. The minimum Gasteiger partial charge on any atom is -0.309 e. The Hall–Kier alpha value is -0.750. The van der Waals surface area contributed by atoms with Gasteiger partial charge in [0.15, 0.2) is 5.82 Å². The summed E-state index contributed by atoms with van der Waals surface area (Å²) in [7, 11) is 1.79. The molecular formula is C10H8Cl2FN. The van der Waals surface area contributed by atoms with Gasteiger partial charge in [0.2, 0.25) is 0 Å². The average Bonchev–Trinajstić information content (AvgIpc) is 2.14. The molecule has 74 valence electrons. The Balaban J connectivity index is 2.97. The highest BCUT2D eigenvalue weighted by Gasteiger charge is 2.05. The average molecular weight is 232 g/mol. The van der Waals surface area contributed by atoms with Gasteiger partial charge in [-0.2, -0.15) is 0 Å². The molecule has 0 saturated heterocycles. The quantitative estimate of drug-likeness (QED) is 0.579. The van der Waals surface area contributed by atoms with Crippen LogP contribution in [0.4, 0.5) is 4.39 Å². The van der Waals surface area contributed by atoms with Gasteiger partial charge in [0.05, 0.1) is 16.6 Å². The van der Waals surface area contributed by atoms with Crippen LogP contribution in [0.2, 0.25) is 10.0 Å². The van der Waals surface area contributed by atoms with E-state index in [1.165, 1.54) is 12.1 Å². The third-order valence-corrected chi connectivity index (χ3v) is 2.03. The van der Waals surface area contributed by atoms with Crippen molar-refractivity contribution in [3.63, 3.8) is 0 Å². The van der Waals surface area contributed by atoms with Gasteiger partial charge in [0.1, 0.15) is 0 Å². The number of rotatable bonds is 1. The summed E-state index contributed by atoms with van der Waals surface area (Å²) >= 11 is 11.2. The predicted molar refractivity (Wildman–Crippen MR) is 57.2 cm³/mol. The molecule has 1 aromatic carbocycles. The fourth-order valence-corrected chi connectivity index (χ4v) is 1.35. The predicted octanol–water partition coefficient (Wildman–Crippen LogP) is 2.70. The lowest BCUT2D eigenvalue weighted by molar-refractivity contribution is 0.628. The fraction of sp³-hybridized carbons (Fsp3) is 0.200. The maximum atomic E-state index is 13.0. The zero-order valence-electron chi connectivity index (χ0n) is 7.50. The molecule has 1 aromatic rings. The molecule has 0 heterocycles. The summed E-state index contributed by atoms with van der Waals surface area (Å²) in [4.78, 5) is 0. The minimum atomic E-state index is -0.604. The molecule has 0 aliphatic heterocycles. The summed E-state index contributed by atoms with van der Waals surface area (Å²) < 4.78 is 13.0. The van der Waals surface area contributed by atoms with Crippen molar-refractivity contribution in [2.45, 2.75) is 0 Å². The van der Waals surface area contributed by atoms with E-state index in [0.717, 1.165) is 0 Å². The largest absolute Gasteiger partial charge is 0.309 e. The molecule has 0 unspecified atom stereocenters. The van der Waals surface area contributed by atoms with E-state index in [1.54, 1.807) is 7.05 Å². The van der Waals surface area contributed by atoms with Crippen molar-refractivity contribution in [3.05, 3.63) is 33.6 Å². The van der Waals surface area contributed by atoms with E-state index in [1.807, 2.05) is 0 Å². The molecule has 0 aliphatic rings. The molecule has 0 atom stereocenters. The van der Waals surface area contributed by atoms with Gasteiger partial charge in [0.25, 0.3) is 0 Å². The van der Waals surface area contributed by atoms with Crippen LogP contribution in [0.3, 0.4) is 0 Å². The Morgan fingerprint density at radius 1 is 1.36 bits per heavy atom. The van der Waals surface area contributed by atoms with E-state index in [9.17, 15) is 4.39 Å². The van der Waals surface area contributed by atoms with Gasteiger partial charge in [-0.25, -0.2) is 4.39 Å². The van der Waals surface area contributed by atoms with E-state index in [0.29, 0.717) is 12.1 Å². The highest BCUT2D eigenvalue weighted by Crippen LogP contribution is 2.24. The van der Waals surface area contributed by atoms with Gasteiger partial charge in [-0.3, -0.25) is 0 Å². The number of halogens is 3.